The van der Waals surface area contributed by atoms with Crippen LogP contribution in [0.25, 0.3) is 0 Å². The molecule has 0 fully saturated rings. The Morgan fingerprint density at radius 2 is 2.41 bits per heavy atom. The second-order valence-corrected chi connectivity index (χ2v) is 4.19. The summed E-state index contributed by atoms with van der Waals surface area (Å²) < 4.78 is 1.82. The number of rotatable bonds is 6. The molecule has 0 aromatic carbocycles. The van der Waals surface area contributed by atoms with Gasteiger partial charge < -0.3 is 16.3 Å². The van der Waals surface area contributed by atoms with Gasteiger partial charge in [-0.2, -0.15) is 5.10 Å². The van der Waals surface area contributed by atoms with Gasteiger partial charge in [-0.05, 0) is 6.42 Å². The molecule has 1 atom stereocenters. The fraction of sp³-hybridized carbons (Fsp3) is 0.636. The molecule has 17 heavy (non-hydrogen) atoms. The molecule has 0 aliphatic rings. The fourth-order valence-electron chi connectivity index (χ4n) is 1.66. The summed E-state index contributed by atoms with van der Waals surface area (Å²) in [4.78, 5) is 0. The standard InChI is InChI=1S/C11H21N5O/c1-4-10-9(7-16(3)14-10)6-13-5-8(2)11(12)15-17/h7-8,13,17H,4-6H2,1-3H3,(H2,12,15). The van der Waals surface area contributed by atoms with E-state index >= 15 is 0 Å². The molecule has 1 rings (SSSR count). The van der Waals surface area contributed by atoms with Crippen LogP contribution in [0.4, 0.5) is 0 Å². The van der Waals surface area contributed by atoms with E-state index in [0.29, 0.717) is 6.54 Å². The van der Waals surface area contributed by atoms with Crippen LogP contribution < -0.4 is 11.1 Å². The van der Waals surface area contributed by atoms with E-state index in [4.69, 9.17) is 10.9 Å². The smallest absolute Gasteiger partial charge is 0.143 e. The number of oxime groups is 1. The third kappa shape index (κ3) is 3.74. The zero-order valence-corrected chi connectivity index (χ0v) is 10.6. The molecule has 1 aromatic rings. The minimum Gasteiger partial charge on any atom is -0.409 e. The highest BCUT2D eigenvalue weighted by Crippen LogP contribution is 2.06. The number of nitrogens with two attached hydrogens (primary N) is 1. The number of aryl methyl sites for hydroxylation is 2. The summed E-state index contributed by atoms with van der Waals surface area (Å²) in [5.41, 5.74) is 7.80. The highest BCUT2D eigenvalue weighted by Gasteiger charge is 2.09. The average molecular weight is 239 g/mol. The number of nitrogens with one attached hydrogen (secondary N) is 1. The van der Waals surface area contributed by atoms with Gasteiger partial charge in [0.15, 0.2) is 0 Å². The van der Waals surface area contributed by atoms with Gasteiger partial charge in [0.25, 0.3) is 0 Å². The molecular weight excluding hydrogens is 218 g/mol. The van der Waals surface area contributed by atoms with Crippen molar-refractivity contribution in [2.45, 2.75) is 26.8 Å². The van der Waals surface area contributed by atoms with E-state index in [2.05, 4.69) is 22.5 Å². The van der Waals surface area contributed by atoms with Crippen molar-refractivity contribution in [1.29, 1.82) is 0 Å². The first kappa shape index (κ1) is 13.5. The van der Waals surface area contributed by atoms with Gasteiger partial charge in [0, 0.05) is 37.8 Å². The van der Waals surface area contributed by atoms with Crippen LogP contribution in [0.2, 0.25) is 0 Å². The maximum atomic E-state index is 8.53. The van der Waals surface area contributed by atoms with E-state index < -0.39 is 0 Å². The predicted octanol–water partition coefficient (Wildman–Crippen LogP) is 0.455. The zero-order valence-electron chi connectivity index (χ0n) is 10.6. The van der Waals surface area contributed by atoms with Crippen molar-refractivity contribution in [3.63, 3.8) is 0 Å². The number of amidine groups is 1. The summed E-state index contributed by atoms with van der Waals surface area (Å²) in [6.07, 6.45) is 2.94. The summed E-state index contributed by atoms with van der Waals surface area (Å²) >= 11 is 0. The largest absolute Gasteiger partial charge is 0.409 e. The number of hydrogen-bond donors (Lipinski definition) is 3. The van der Waals surface area contributed by atoms with Crippen LogP contribution in [0.15, 0.2) is 11.4 Å². The van der Waals surface area contributed by atoms with Crippen LogP contribution in [-0.2, 0) is 20.0 Å². The Balaban J connectivity index is 2.45. The second kappa shape index (κ2) is 6.24. The summed E-state index contributed by atoms with van der Waals surface area (Å²) in [5, 5.41) is 19.2. The maximum Gasteiger partial charge on any atom is 0.143 e. The minimum absolute atomic E-state index is 0.0155. The first-order valence-corrected chi connectivity index (χ1v) is 5.78. The maximum absolute atomic E-state index is 8.53. The molecule has 6 heteroatoms. The molecule has 0 aliphatic carbocycles. The molecule has 6 nitrogen and oxygen atoms in total. The summed E-state index contributed by atoms with van der Waals surface area (Å²) in [6.45, 7) is 5.42. The van der Waals surface area contributed by atoms with Gasteiger partial charge in [-0.3, -0.25) is 4.68 Å². The van der Waals surface area contributed by atoms with Gasteiger partial charge in [0.1, 0.15) is 5.84 Å². The molecule has 0 aliphatic heterocycles. The third-order valence-electron chi connectivity index (χ3n) is 2.71. The van der Waals surface area contributed by atoms with Gasteiger partial charge in [-0.15, -0.1) is 0 Å². The second-order valence-electron chi connectivity index (χ2n) is 4.19. The molecule has 1 heterocycles. The summed E-state index contributed by atoms with van der Waals surface area (Å²) in [5.74, 6) is 0.265. The van der Waals surface area contributed by atoms with Gasteiger partial charge in [0.2, 0.25) is 0 Å². The Hall–Kier alpha value is -1.56. The van der Waals surface area contributed by atoms with E-state index in [1.165, 1.54) is 5.56 Å². The highest BCUT2D eigenvalue weighted by molar-refractivity contribution is 5.82. The summed E-state index contributed by atoms with van der Waals surface area (Å²) in [7, 11) is 1.92. The van der Waals surface area contributed by atoms with Crippen molar-refractivity contribution in [2.24, 2.45) is 23.9 Å². The van der Waals surface area contributed by atoms with E-state index in [-0.39, 0.29) is 11.8 Å². The van der Waals surface area contributed by atoms with Gasteiger partial charge >= 0.3 is 0 Å². The first-order chi connectivity index (χ1) is 8.08. The molecule has 96 valence electrons. The Bertz CT molecular complexity index is 385. The molecule has 1 unspecified atom stereocenters. The first-order valence-electron chi connectivity index (χ1n) is 5.78. The number of nitrogens with zero attached hydrogens (tertiary/aromatic N) is 3. The van der Waals surface area contributed by atoms with Crippen molar-refractivity contribution >= 4 is 5.84 Å². The molecule has 0 saturated carbocycles. The van der Waals surface area contributed by atoms with Gasteiger partial charge in [-0.25, -0.2) is 0 Å². The topological polar surface area (TPSA) is 88.5 Å². The van der Waals surface area contributed by atoms with Crippen LogP contribution in [0.3, 0.4) is 0 Å². The normalized spacial score (nSPS) is 13.9. The molecule has 0 bridgehead atoms. The lowest BCUT2D eigenvalue weighted by Gasteiger charge is -2.10. The monoisotopic (exact) mass is 239 g/mol. The molecule has 0 spiro atoms. The Morgan fingerprint density at radius 1 is 1.71 bits per heavy atom. The number of hydrogen-bond acceptors (Lipinski definition) is 4. The van der Waals surface area contributed by atoms with E-state index in [9.17, 15) is 0 Å². The molecule has 0 amide bonds. The van der Waals surface area contributed by atoms with Crippen molar-refractivity contribution in [3.05, 3.63) is 17.5 Å². The SMILES string of the molecule is CCc1nn(C)cc1CNCC(C)/C(N)=N/O. The van der Waals surface area contributed by atoms with Gasteiger partial charge in [-0.1, -0.05) is 19.0 Å². The minimum atomic E-state index is 0.0155. The van der Waals surface area contributed by atoms with Crippen LogP contribution in [0.5, 0.6) is 0 Å². The zero-order chi connectivity index (χ0) is 12.8. The third-order valence-corrected chi connectivity index (χ3v) is 2.71. The molecule has 1 aromatic heterocycles. The summed E-state index contributed by atoms with van der Waals surface area (Å²) in [6, 6.07) is 0. The lowest BCUT2D eigenvalue weighted by atomic mass is 10.1. The van der Waals surface area contributed by atoms with Gasteiger partial charge in [0.05, 0.1) is 5.69 Å². The molecule has 4 N–H and O–H groups in total. The number of aromatic nitrogens is 2. The van der Waals surface area contributed by atoms with Crippen molar-refractivity contribution in [3.8, 4) is 0 Å². The van der Waals surface area contributed by atoms with Crippen LogP contribution >= 0.6 is 0 Å². The molecule has 0 radical (unpaired) electrons. The highest BCUT2D eigenvalue weighted by atomic mass is 16.4. The van der Waals surface area contributed by atoms with Crippen LogP contribution in [0.1, 0.15) is 25.1 Å². The predicted molar refractivity (Wildman–Crippen MR) is 66.9 cm³/mol. The average Bonchev–Trinajstić information content (AvgIpc) is 2.68. The Labute approximate surface area is 101 Å². The van der Waals surface area contributed by atoms with Crippen molar-refractivity contribution < 1.29 is 5.21 Å². The van der Waals surface area contributed by atoms with Crippen molar-refractivity contribution in [1.82, 2.24) is 15.1 Å². The van der Waals surface area contributed by atoms with Crippen LogP contribution in [-0.4, -0.2) is 27.4 Å². The molecule has 0 saturated heterocycles. The Kier molecular flexibility index (Phi) is 4.96. The van der Waals surface area contributed by atoms with E-state index in [0.717, 1.165) is 18.7 Å². The molecular formula is C11H21N5O. The lowest BCUT2D eigenvalue weighted by Crippen LogP contribution is -2.31. The quantitative estimate of drug-likeness (QED) is 0.291. The van der Waals surface area contributed by atoms with Crippen LogP contribution in [0, 0.1) is 5.92 Å². The Morgan fingerprint density at radius 3 is 3.00 bits per heavy atom. The van der Waals surface area contributed by atoms with E-state index in [1.807, 2.05) is 24.9 Å². The van der Waals surface area contributed by atoms with Crippen molar-refractivity contribution in [2.75, 3.05) is 6.54 Å². The van der Waals surface area contributed by atoms with E-state index in [1.54, 1.807) is 0 Å². The fourth-order valence-corrected chi connectivity index (χ4v) is 1.66. The lowest BCUT2D eigenvalue weighted by molar-refractivity contribution is 0.314.